The Kier molecular flexibility index (Phi) is 7.00. The van der Waals surface area contributed by atoms with Crippen LogP contribution in [0.15, 0.2) is 35.9 Å². The van der Waals surface area contributed by atoms with Crippen molar-refractivity contribution < 1.29 is 0 Å². The summed E-state index contributed by atoms with van der Waals surface area (Å²) < 4.78 is 0. The molecule has 2 aliphatic rings. The molecule has 1 atom stereocenters. The van der Waals surface area contributed by atoms with Crippen molar-refractivity contribution in [2.45, 2.75) is 102 Å². The van der Waals surface area contributed by atoms with Crippen molar-refractivity contribution in [1.82, 2.24) is 0 Å². The maximum atomic E-state index is 2.54. The zero-order valence-corrected chi connectivity index (χ0v) is 19.2. The van der Waals surface area contributed by atoms with E-state index in [1.54, 1.807) is 22.3 Å². The highest BCUT2D eigenvalue weighted by molar-refractivity contribution is 6.32. The lowest BCUT2D eigenvalue weighted by Gasteiger charge is -2.39. The Morgan fingerprint density at radius 1 is 0.929 bits per heavy atom. The van der Waals surface area contributed by atoms with Gasteiger partial charge in [0.25, 0.3) is 0 Å². The van der Waals surface area contributed by atoms with Crippen LogP contribution in [0.2, 0.25) is 5.31 Å². The van der Waals surface area contributed by atoms with E-state index in [9.17, 15) is 0 Å². The fourth-order valence-corrected chi connectivity index (χ4v) is 5.55. The van der Waals surface area contributed by atoms with Gasteiger partial charge in [0.2, 0.25) is 0 Å². The molecule has 0 N–H and O–H groups in total. The Bertz CT molecular complexity index is 727. The summed E-state index contributed by atoms with van der Waals surface area (Å²) in [4.78, 5) is 0. The zero-order chi connectivity index (χ0) is 20.2. The minimum absolute atomic E-state index is 0.286. The molecule has 0 saturated carbocycles. The second-order valence-corrected chi connectivity index (χ2v) is 10.1. The van der Waals surface area contributed by atoms with Crippen molar-refractivity contribution >= 4 is 26.7 Å². The highest BCUT2D eigenvalue weighted by atomic mass is 14.5. The summed E-state index contributed by atoms with van der Waals surface area (Å²) in [6.07, 6.45) is 19.8. The number of rotatable bonds is 10. The molecule has 150 valence electrons. The Hall–Kier alpha value is -1.17. The Labute approximate surface area is 176 Å². The van der Waals surface area contributed by atoms with Crippen molar-refractivity contribution in [1.29, 1.82) is 0 Å². The van der Waals surface area contributed by atoms with Gasteiger partial charge in [-0.05, 0) is 41.3 Å². The molecule has 0 aromatic heterocycles. The highest BCUT2D eigenvalue weighted by Gasteiger charge is 2.45. The van der Waals surface area contributed by atoms with E-state index in [1.807, 2.05) is 0 Å². The monoisotopic (exact) mass is 374 g/mol. The molecule has 2 aliphatic carbocycles. The van der Waals surface area contributed by atoms with Crippen LogP contribution >= 0.6 is 0 Å². The summed E-state index contributed by atoms with van der Waals surface area (Å²) in [5.74, 6) is 0. The molecule has 28 heavy (non-hydrogen) atoms. The predicted octanol–water partition coefficient (Wildman–Crippen LogP) is 5.66. The first-order chi connectivity index (χ1) is 13.4. The summed E-state index contributed by atoms with van der Waals surface area (Å²) in [5.41, 5.74) is 8.26. The number of hydrogen-bond donors (Lipinski definition) is 0. The van der Waals surface area contributed by atoms with E-state index in [2.05, 4.69) is 66.8 Å². The lowest BCUT2D eigenvalue weighted by molar-refractivity contribution is 0.378. The molecule has 1 aromatic rings. The van der Waals surface area contributed by atoms with Crippen LogP contribution in [-0.2, 0) is 5.41 Å². The van der Waals surface area contributed by atoms with E-state index in [-0.39, 0.29) is 5.31 Å². The fourth-order valence-electron chi connectivity index (χ4n) is 5.55. The van der Waals surface area contributed by atoms with Gasteiger partial charge in [0, 0.05) is 5.41 Å². The van der Waals surface area contributed by atoms with Crippen LogP contribution in [0.25, 0.3) is 5.57 Å². The third kappa shape index (κ3) is 4.37. The first kappa shape index (κ1) is 21.5. The maximum absolute atomic E-state index is 2.54. The van der Waals surface area contributed by atoms with Gasteiger partial charge in [-0.15, -0.1) is 0 Å². The summed E-state index contributed by atoms with van der Waals surface area (Å²) in [5, 5.41) is 0.286. The number of benzene rings is 1. The number of hydrogen-bond acceptors (Lipinski definition) is 0. The van der Waals surface area contributed by atoms with E-state index in [0.717, 1.165) is 0 Å². The first-order valence-corrected chi connectivity index (χ1v) is 12.0. The van der Waals surface area contributed by atoms with Crippen molar-refractivity contribution in [3.8, 4) is 0 Å². The molecule has 0 fully saturated rings. The Balaban J connectivity index is 2.01. The van der Waals surface area contributed by atoms with Gasteiger partial charge in [-0.3, -0.25) is 0 Å². The van der Waals surface area contributed by atoms with E-state index in [1.165, 1.54) is 76.1 Å². The van der Waals surface area contributed by atoms with Crippen molar-refractivity contribution in [3.63, 3.8) is 0 Å². The molecule has 0 nitrogen and oxygen atoms in total. The van der Waals surface area contributed by atoms with Gasteiger partial charge in [0.1, 0.15) is 15.7 Å². The third-order valence-electron chi connectivity index (χ3n) is 7.13. The molecule has 0 aliphatic heterocycles. The van der Waals surface area contributed by atoms with E-state index in [0.29, 0.717) is 5.41 Å². The van der Waals surface area contributed by atoms with Crippen LogP contribution < -0.4 is 5.46 Å². The standard InChI is InChI=1S/C26H40B2/c1-4-6-8-10-15-26(16-11-9-7-5-2)23-18-20(27)12-13-21(23)22-14-17-25(3,28)19-24(22)26/h12-14,17-18H,4-11,15-16,19,27-28H2,1-3H3/t25-/m1/s1. The molecule has 1 aromatic carbocycles. The van der Waals surface area contributed by atoms with Gasteiger partial charge in [-0.2, -0.15) is 0 Å². The van der Waals surface area contributed by atoms with Crippen LogP contribution in [0.1, 0.15) is 103 Å². The van der Waals surface area contributed by atoms with E-state index in [4.69, 9.17) is 0 Å². The lowest BCUT2D eigenvalue weighted by Crippen LogP contribution is -2.30. The van der Waals surface area contributed by atoms with E-state index >= 15 is 0 Å². The molecule has 0 spiro atoms. The third-order valence-corrected chi connectivity index (χ3v) is 7.13. The molecule has 3 rings (SSSR count). The Morgan fingerprint density at radius 3 is 2.18 bits per heavy atom. The van der Waals surface area contributed by atoms with Crippen molar-refractivity contribution in [2.75, 3.05) is 0 Å². The molecular formula is C26H40B2. The number of allylic oxidation sites excluding steroid dienone is 4. The largest absolute Gasteiger partial charge is 0.139 e. The van der Waals surface area contributed by atoms with Crippen LogP contribution in [-0.4, -0.2) is 15.7 Å². The second-order valence-electron chi connectivity index (χ2n) is 10.1. The Morgan fingerprint density at radius 2 is 1.57 bits per heavy atom. The lowest BCUT2D eigenvalue weighted by atomic mass is 9.59. The van der Waals surface area contributed by atoms with Gasteiger partial charge >= 0.3 is 0 Å². The average molecular weight is 374 g/mol. The summed E-state index contributed by atoms with van der Waals surface area (Å²) in [6, 6.07) is 7.28. The van der Waals surface area contributed by atoms with Gasteiger partial charge < -0.3 is 0 Å². The average Bonchev–Trinajstić information content (AvgIpc) is 2.90. The van der Waals surface area contributed by atoms with Gasteiger partial charge in [-0.1, -0.05) is 114 Å². The molecule has 2 heteroatoms. The molecule has 0 heterocycles. The minimum atomic E-state index is 0.286. The summed E-state index contributed by atoms with van der Waals surface area (Å²) in [7, 11) is 4.69. The molecular weight excluding hydrogens is 334 g/mol. The van der Waals surface area contributed by atoms with Crippen molar-refractivity contribution in [3.05, 3.63) is 47.1 Å². The molecule has 0 saturated heterocycles. The molecule has 0 radical (unpaired) electrons. The topological polar surface area (TPSA) is 0 Å². The maximum Gasteiger partial charge on any atom is 0.139 e. The molecule has 0 amide bonds. The second kappa shape index (κ2) is 9.10. The highest BCUT2D eigenvalue weighted by Crippen LogP contribution is 2.58. The van der Waals surface area contributed by atoms with Crippen LogP contribution in [0, 0.1) is 0 Å². The van der Waals surface area contributed by atoms with Crippen LogP contribution in [0.3, 0.4) is 0 Å². The smallest absolute Gasteiger partial charge is 0.0886 e. The predicted molar refractivity (Wildman–Crippen MR) is 131 cm³/mol. The minimum Gasteiger partial charge on any atom is -0.0886 e. The fraction of sp³-hybridized carbons (Fsp3) is 0.615. The van der Waals surface area contributed by atoms with E-state index < -0.39 is 0 Å². The SMILES string of the molecule is Bc1ccc2c(c1)C(CCCCCC)(CCCCCC)C1=C2C=C[C@](B)(C)C1. The summed E-state index contributed by atoms with van der Waals surface area (Å²) in [6.45, 7) is 7.06. The van der Waals surface area contributed by atoms with Crippen molar-refractivity contribution in [2.24, 2.45) is 0 Å². The van der Waals surface area contributed by atoms with Gasteiger partial charge in [-0.25, -0.2) is 0 Å². The summed E-state index contributed by atoms with van der Waals surface area (Å²) >= 11 is 0. The van der Waals surface area contributed by atoms with Gasteiger partial charge in [0.05, 0.1) is 0 Å². The van der Waals surface area contributed by atoms with Gasteiger partial charge in [0.15, 0.2) is 0 Å². The quantitative estimate of drug-likeness (QED) is 0.366. The molecule has 0 bridgehead atoms. The van der Waals surface area contributed by atoms with Crippen LogP contribution in [0.5, 0.6) is 0 Å². The molecule has 0 unspecified atom stereocenters. The zero-order valence-electron chi connectivity index (χ0n) is 19.2. The number of unbranched alkanes of at least 4 members (excludes halogenated alkanes) is 6. The number of fused-ring (bicyclic) bond motifs is 2. The first-order valence-electron chi connectivity index (χ1n) is 12.0. The normalized spacial score (nSPS) is 22.4. The van der Waals surface area contributed by atoms with Crippen LogP contribution in [0.4, 0.5) is 0 Å².